The van der Waals surface area contributed by atoms with Gasteiger partial charge in [-0.15, -0.1) is 0 Å². The zero-order valence-corrected chi connectivity index (χ0v) is 12.8. The highest BCUT2D eigenvalue weighted by Crippen LogP contribution is 2.21. The van der Waals surface area contributed by atoms with Crippen molar-refractivity contribution in [2.45, 2.75) is 13.3 Å². The van der Waals surface area contributed by atoms with Crippen molar-refractivity contribution in [1.82, 2.24) is 24.8 Å². The van der Waals surface area contributed by atoms with E-state index in [4.69, 9.17) is 0 Å². The van der Waals surface area contributed by atoms with Crippen LogP contribution in [0.4, 0.5) is 11.8 Å². The van der Waals surface area contributed by atoms with E-state index in [0.717, 1.165) is 18.5 Å². The minimum Gasteiger partial charge on any atom is -0.354 e. The Balaban J connectivity index is 2.31. The van der Waals surface area contributed by atoms with E-state index >= 15 is 0 Å². The van der Waals surface area contributed by atoms with E-state index in [1.54, 1.807) is 30.2 Å². The van der Waals surface area contributed by atoms with E-state index in [2.05, 4.69) is 32.2 Å². The van der Waals surface area contributed by atoms with Gasteiger partial charge >= 0.3 is 0 Å². The summed E-state index contributed by atoms with van der Waals surface area (Å²) >= 11 is 0. The fraction of sp³-hybridized carbons (Fsp3) is 0.538. The summed E-state index contributed by atoms with van der Waals surface area (Å²) in [5.41, 5.74) is 1.31. The molecule has 0 aliphatic carbocycles. The Morgan fingerprint density at radius 3 is 2.76 bits per heavy atom. The van der Waals surface area contributed by atoms with Crippen molar-refractivity contribution >= 4 is 28.8 Å². The van der Waals surface area contributed by atoms with Crippen molar-refractivity contribution in [3.8, 4) is 0 Å². The van der Waals surface area contributed by atoms with Crippen molar-refractivity contribution < 1.29 is 4.79 Å². The van der Waals surface area contributed by atoms with Gasteiger partial charge in [0, 0.05) is 27.7 Å². The fourth-order valence-corrected chi connectivity index (χ4v) is 1.83. The summed E-state index contributed by atoms with van der Waals surface area (Å²) < 4.78 is 0. The van der Waals surface area contributed by atoms with E-state index in [9.17, 15) is 4.79 Å². The van der Waals surface area contributed by atoms with E-state index in [1.807, 2.05) is 7.05 Å². The summed E-state index contributed by atoms with van der Waals surface area (Å²) in [6, 6.07) is 0. The predicted molar refractivity (Wildman–Crippen MR) is 82.4 cm³/mol. The lowest BCUT2D eigenvalue weighted by molar-refractivity contribution is -0.127. The zero-order chi connectivity index (χ0) is 15.4. The first kappa shape index (κ1) is 15.0. The zero-order valence-electron chi connectivity index (χ0n) is 12.8. The number of imidazole rings is 1. The van der Waals surface area contributed by atoms with Gasteiger partial charge in [-0.2, -0.15) is 9.97 Å². The molecule has 0 bridgehead atoms. The first-order valence-corrected chi connectivity index (χ1v) is 6.89. The second kappa shape index (κ2) is 6.38. The Hall–Kier alpha value is -2.38. The van der Waals surface area contributed by atoms with Crippen LogP contribution < -0.4 is 10.2 Å². The molecule has 8 nitrogen and oxygen atoms in total. The third-order valence-corrected chi connectivity index (χ3v) is 3.03. The maximum Gasteiger partial charge on any atom is 0.241 e. The van der Waals surface area contributed by atoms with Crippen LogP contribution >= 0.6 is 0 Å². The number of aromatic amines is 1. The number of rotatable bonds is 6. The van der Waals surface area contributed by atoms with Crippen molar-refractivity contribution in [1.29, 1.82) is 0 Å². The highest BCUT2D eigenvalue weighted by molar-refractivity contribution is 5.87. The maximum absolute atomic E-state index is 11.9. The molecule has 0 atom stereocenters. The van der Waals surface area contributed by atoms with Crippen LogP contribution in [0.1, 0.15) is 13.3 Å². The molecule has 0 unspecified atom stereocenters. The summed E-state index contributed by atoms with van der Waals surface area (Å²) in [7, 11) is 5.29. The molecule has 8 heteroatoms. The lowest BCUT2D eigenvalue weighted by Crippen LogP contribution is -2.35. The van der Waals surface area contributed by atoms with Gasteiger partial charge in [0.05, 0.1) is 12.9 Å². The third-order valence-electron chi connectivity index (χ3n) is 3.03. The molecule has 0 fully saturated rings. The lowest BCUT2D eigenvalue weighted by atomic mass is 10.4. The first-order valence-electron chi connectivity index (χ1n) is 6.89. The van der Waals surface area contributed by atoms with Crippen LogP contribution in [0, 0.1) is 0 Å². The average molecular weight is 291 g/mol. The van der Waals surface area contributed by atoms with E-state index in [0.29, 0.717) is 17.4 Å². The van der Waals surface area contributed by atoms with Gasteiger partial charge in [-0.3, -0.25) is 4.79 Å². The largest absolute Gasteiger partial charge is 0.354 e. The molecule has 2 rings (SSSR count). The van der Waals surface area contributed by atoms with Gasteiger partial charge in [0.15, 0.2) is 11.5 Å². The number of fused-ring (bicyclic) bond motifs is 1. The molecule has 0 aromatic carbocycles. The first-order chi connectivity index (χ1) is 10.0. The quantitative estimate of drug-likeness (QED) is 0.814. The Kier molecular flexibility index (Phi) is 4.56. The SMILES string of the molecule is CCCNc1nc(N(C)CC(=O)N(C)C)c2[nH]cnc2n1. The van der Waals surface area contributed by atoms with Crippen molar-refractivity contribution in [3.05, 3.63) is 6.33 Å². The highest BCUT2D eigenvalue weighted by Gasteiger charge is 2.16. The monoisotopic (exact) mass is 291 g/mol. The average Bonchev–Trinajstić information content (AvgIpc) is 2.92. The maximum atomic E-state index is 11.9. The fourth-order valence-electron chi connectivity index (χ4n) is 1.83. The summed E-state index contributed by atoms with van der Waals surface area (Å²) in [6.07, 6.45) is 2.56. The Morgan fingerprint density at radius 1 is 1.33 bits per heavy atom. The standard InChI is InChI=1S/C13H21N7O/c1-5-6-14-13-17-11-10(15-8-16-11)12(18-13)20(4)7-9(21)19(2)3/h8H,5-7H2,1-4H3,(H2,14,15,16,17,18). The molecule has 0 saturated carbocycles. The van der Waals surface area contributed by atoms with Crippen LogP contribution in [0.5, 0.6) is 0 Å². The molecular formula is C13H21N7O. The topological polar surface area (TPSA) is 90.0 Å². The molecule has 2 heterocycles. The lowest BCUT2D eigenvalue weighted by Gasteiger charge is -2.20. The highest BCUT2D eigenvalue weighted by atomic mass is 16.2. The van der Waals surface area contributed by atoms with Gasteiger partial charge < -0.3 is 20.1 Å². The smallest absolute Gasteiger partial charge is 0.241 e. The summed E-state index contributed by atoms with van der Waals surface area (Å²) in [5, 5.41) is 3.15. The molecule has 0 saturated heterocycles. The summed E-state index contributed by atoms with van der Waals surface area (Å²) in [4.78, 5) is 31.2. The van der Waals surface area contributed by atoms with Crippen LogP contribution in [-0.2, 0) is 4.79 Å². The molecule has 0 spiro atoms. The molecule has 2 aromatic rings. The van der Waals surface area contributed by atoms with Crippen molar-refractivity contribution in [2.24, 2.45) is 0 Å². The van der Waals surface area contributed by atoms with E-state index in [-0.39, 0.29) is 12.5 Å². The number of carbonyl (C=O) groups is 1. The molecule has 0 aliphatic rings. The number of hydrogen-bond donors (Lipinski definition) is 2. The molecular weight excluding hydrogens is 270 g/mol. The molecule has 2 aromatic heterocycles. The van der Waals surface area contributed by atoms with Crippen molar-refractivity contribution in [2.75, 3.05) is 44.4 Å². The van der Waals surface area contributed by atoms with Gasteiger partial charge in [0.2, 0.25) is 11.9 Å². The van der Waals surface area contributed by atoms with Gasteiger partial charge in [-0.05, 0) is 6.42 Å². The number of nitrogens with zero attached hydrogens (tertiary/aromatic N) is 5. The third kappa shape index (κ3) is 3.39. The van der Waals surface area contributed by atoms with Crippen LogP contribution in [0.3, 0.4) is 0 Å². The van der Waals surface area contributed by atoms with Gasteiger partial charge in [-0.1, -0.05) is 6.92 Å². The molecule has 0 aliphatic heterocycles. The molecule has 2 N–H and O–H groups in total. The Morgan fingerprint density at radius 2 is 2.10 bits per heavy atom. The van der Waals surface area contributed by atoms with Crippen LogP contribution in [0.15, 0.2) is 6.33 Å². The summed E-state index contributed by atoms with van der Waals surface area (Å²) in [5.74, 6) is 1.19. The van der Waals surface area contributed by atoms with Gasteiger partial charge in [-0.25, -0.2) is 4.98 Å². The van der Waals surface area contributed by atoms with Gasteiger partial charge in [0.25, 0.3) is 0 Å². The van der Waals surface area contributed by atoms with Crippen LogP contribution in [0.25, 0.3) is 11.2 Å². The molecule has 21 heavy (non-hydrogen) atoms. The number of H-pyrrole nitrogens is 1. The summed E-state index contributed by atoms with van der Waals surface area (Å²) in [6.45, 7) is 3.10. The van der Waals surface area contributed by atoms with Gasteiger partial charge in [0.1, 0.15) is 5.52 Å². The minimum atomic E-state index is 0.00634. The normalized spacial score (nSPS) is 10.7. The number of hydrogen-bond acceptors (Lipinski definition) is 6. The minimum absolute atomic E-state index is 0.00634. The number of anilines is 2. The van der Waals surface area contributed by atoms with Crippen molar-refractivity contribution in [3.63, 3.8) is 0 Å². The number of likely N-dealkylation sites (N-methyl/N-ethyl adjacent to an activating group) is 2. The van der Waals surface area contributed by atoms with E-state index < -0.39 is 0 Å². The number of amides is 1. The number of aromatic nitrogens is 4. The number of carbonyl (C=O) groups excluding carboxylic acids is 1. The Labute approximate surface area is 123 Å². The second-order valence-electron chi connectivity index (χ2n) is 5.04. The predicted octanol–water partition coefficient (Wildman–Crippen LogP) is 0.699. The molecule has 1 amide bonds. The van der Waals surface area contributed by atoms with Crippen LogP contribution in [-0.4, -0.2) is 65.0 Å². The molecule has 0 radical (unpaired) electrons. The van der Waals surface area contributed by atoms with E-state index in [1.165, 1.54) is 0 Å². The second-order valence-corrected chi connectivity index (χ2v) is 5.04. The molecule has 114 valence electrons. The van der Waals surface area contributed by atoms with Crippen LogP contribution in [0.2, 0.25) is 0 Å². The Bertz CT molecular complexity index is 622. The number of nitrogens with one attached hydrogen (secondary N) is 2.